The maximum absolute atomic E-state index is 15.7. The van der Waals surface area contributed by atoms with E-state index < -0.39 is 43.5 Å². The Labute approximate surface area is 254 Å². The molecule has 1 fully saturated rings. The number of halogens is 3. The highest BCUT2D eigenvalue weighted by Gasteiger charge is 2.61. The van der Waals surface area contributed by atoms with Gasteiger partial charge in [-0.2, -0.15) is 5.26 Å². The smallest absolute Gasteiger partial charge is 0.321 e. The third kappa shape index (κ3) is 7.09. The van der Waals surface area contributed by atoms with Crippen molar-refractivity contribution in [1.82, 2.24) is 5.32 Å². The molecule has 1 aliphatic rings. The molecule has 2 aromatic carbocycles. The highest BCUT2D eigenvalue weighted by Crippen LogP contribution is 2.54. The third-order valence-electron chi connectivity index (χ3n) is 8.32. The van der Waals surface area contributed by atoms with Crippen molar-refractivity contribution in [2.75, 3.05) is 13.2 Å². The van der Waals surface area contributed by atoms with Crippen molar-refractivity contribution in [2.24, 2.45) is 5.41 Å². The van der Waals surface area contributed by atoms with Crippen molar-refractivity contribution in [3.8, 4) is 11.8 Å². The molecule has 0 radical (unpaired) electrons. The van der Waals surface area contributed by atoms with Gasteiger partial charge in [-0.25, -0.2) is 4.39 Å². The van der Waals surface area contributed by atoms with Crippen LogP contribution in [0, 0.1) is 22.6 Å². The number of nitriles is 1. The molecule has 3 rings (SSSR count). The van der Waals surface area contributed by atoms with Crippen LogP contribution in [0.4, 0.5) is 4.39 Å². The average molecular weight is 624 g/mol. The zero-order valence-electron chi connectivity index (χ0n) is 25.1. The number of carboxylic acid groups (broad SMARTS) is 1. The van der Waals surface area contributed by atoms with Crippen LogP contribution in [0.15, 0.2) is 36.4 Å². The molecule has 1 saturated heterocycles. The number of rotatable bonds is 9. The second kappa shape index (κ2) is 12.2. The predicted octanol–water partition coefficient (Wildman–Crippen LogP) is 7.94. The van der Waals surface area contributed by atoms with Crippen molar-refractivity contribution in [2.45, 2.75) is 89.5 Å². The van der Waals surface area contributed by atoms with Gasteiger partial charge >= 0.3 is 5.97 Å². The average Bonchev–Trinajstić information content (AvgIpc) is 3.15. The fourth-order valence-corrected chi connectivity index (χ4v) is 6.71. The molecule has 6 nitrogen and oxygen atoms in total. The molecule has 0 spiro atoms. The zero-order chi connectivity index (χ0) is 31.0. The fourth-order valence-electron chi connectivity index (χ4n) is 5.34. The SMILES string of the molecule is CC(C)(C)CC1NC(C(=O)O)C(c2cc(Cl)ccc2OCCO[Si](C)(C)C(C)(C)C)C1(C#N)c1ccc(Cl)cc1F. The standard InChI is InChI=1S/C31H41Cl2FN2O4Si/c1-29(2,3)17-25-31(18-35,22-11-9-20(33)16-23(22)34)26(27(36-25)28(37)38)21-15-19(32)10-12-24(21)39-13-14-40-41(7,8)30(4,5)6/h9-12,15-16,25-27,36H,13-14,17H2,1-8H3,(H,37,38). The van der Waals surface area contributed by atoms with Gasteiger partial charge in [0.25, 0.3) is 0 Å². The van der Waals surface area contributed by atoms with Crippen LogP contribution >= 0.6 is 23.2 Å². The van der Waals surface area contributed by atoms with Gasteiger partial charge in [-0.1, -0.05) is 70.8 Å². The maximum Gasteiger partial charge on any atom is 0.321 e. The molecule has 1 aliphatic heterocycles. The van der Waals surface area contributed by atoms with Crippen LogP contribution in [0.5, 0.6) is 5.75 Å². The molecule has 0 saturated carbocycles. The molecule has 0 amide bonds. The number of ether oxygens (including phenoxy) is 1. The molecule has 2 aromatic rings. The first-order chi connectivity index (χ1) is 18.8. The zero-order valence-corrected chi connectivity index (χ0v) is 27.6. The first-order valence-electron chi connectivity index (χ1n) is 13.8. The fraction of sp³-hybridized carbons (Fsp3) is 0.548. The number of nitrogens with one attached hydrogen (secondary N) is 1. The van der Waals surface area contributed by atoms with Crippen LogP contribution in [-0.2, 0) is 14.6 Å². The van der Waals surface area contributed by atoms with Crippen LogP contribution in [-0.4, -0.2) is 44.7 Å². The van der Waals surface area contributed by atoms with E-state index in [9.17, 15) is 15.2 Å². The molecular weight excluding hydrogens is 582 g/mol. The minimum Gasteiger partial charge on any atom is -0.491 e. The topological polar surface area (TPSA) is 91.6 Å². The van der Waals surface area contributed by atoms with Gasteiger partial charge in [0.15, 0.2) is 8.32 Å². The normalized spacial score (nSPS) is 23.3. The Morgan fingerprint density at radius 1 is 1.10 bits per heavy atom. The maximum atomic E-state index is 15.7. The Morgan fingerprint density at radius 3 is 2.24 bits per heavy atom. The van der Waals surface area contributed by atoms with E-state index in [1.54, 1.807) is 18.2 Å². The number of hydrogen-bond donors (Lipinski definition) is 2. The molecular formula is C31H41Cl2FN2O4Si. The summed E-state index contributed by atoms with van der Waals surface area (Å²) < 4.78 is 28.2. The van der Waals surface area contributed by atoms with Crippen LogP contribution in [0.1, 0.15) is 65.0 Å². The molecule has 4 atom stereocenters. The first-order valence-corrected chi connectivity index (χ1v) is 17.4. The summed E-state index contributed by atoms with van der Waals surface area (Å²) in [6.45, 7) is 17.3. The van der Waals surface area contributed by atoms with Gasteiger partial charge in [0.05, 0.1) is 12.7 Å². The lowest BCUT2D eigenvalue weighted by molar-refractivity contribution is -0.139. The highest BCUT2D eigenvalue weighted by molar-refractivity contribution is 6.74. The van der Waals surface area contributed by atoms with E-state index in [1.165, 1.54) is 12.1 Å². The Hall–Kier alpha value is -2.15. The number of hydrogen-bond acceptors (Lipinski definition) is 5. The number of carboxylic acids is 1. The van der Waals surface area contributed by atoms with Gasteiger partial charge in [-0.3, -0.25) is 10.1 Å². The second-order valence-corrected chi connectivity index (χ2v) is 19.2. The second-order valence-electron chi connectivity index (χ2n) is 13.5. The van der Waals surface area contributed by atoms with Gasteiger partial charge in [0.1, 0.15) is 29.6 Å². The van der Waals surface area contributed by atoms with Crippen molar-refractivity contribution in [3.05, 3.63) is 63.4 Å². The molecule has 224 valence electrons. The van der Waals surface area contributed by atoms with Crippen molar-refractivity contribution in [3.63, 3.8) is 0 Å². The molecule has 1 heterocycles. The molecule has 41 heavy (non-hydrogen) atoms. The van der Waals surface area contributed by atoms with Crippen molar-refractivity contribution in [1.29, 1.82) is 5.26 Å². The van der Waals surface area contributed by atoms with Crippen molar-refractivity contribution >= 4 is 37.5 Å². The summed E-state index contributed by atoms with van der Waals surface area (Å²) in [5, 5.41) is 25.1. The molecule has 10 heteroatoms. The first kappa shape index (κ1) is 33.4. The van der Waals surface area contributed by atoms with E-state index in [0.717, 1.165) is 6.07 Å². The Balaban J connectivity index is 2.16. The van der Waals surface area contributed by atoms with E-state index in [-0.39, 0.29) is 27.6 Å². The van der Waals surface area contributed by atoms with Gasteiger partial charge in [0.2, 0.25) is 0 Å². The summed E-state index contributed by atoms with van der Waals surface area (Å²) in [7, 11) is -2.02. The van der Waals surface area contributed by atoms with E-state index in [1.807, 2.05) is 20.8 Å². The number of aliphatic carboxylic acids is 1. The lowest BCUT2D eigenvalue weighted by atomic mass is 9.62. The summed E-state index contributed by atoms with van der Waals surface area (Å²) in [6.07, 6.45) is 0.403. The monoisotopic (exact) mass is 622 g/mol. The Kier molecular flexibility index (Phi) is 9.94. The molecule has 0 aromatic heterocycles. The third-order valence-corrected chi connectivity index (χ3v) is 13.3. The van der Waals surface area contributed by atoms with Gasteiger partial charge in [0, 0.05) is 33.1 Å². The quantitative estimate of drug-likeness (QED) is 0.218. The highest BCUT2D eigenvalue weighted by atomic mass is 35.5. The Bertz CT molecular complexity index is 1320. The minimum atomic E-state index is -2.02. The number of nitrogens with zero attached hydrogens (tertiary/aromatic N) is 1. The molecule has 0 aliphatic carbocycles. The summed E-state index contributed by atoms with van der Waals surface area (Å²) >= 11 is 12.5. The molecule has 0 bridgehead atoms. The predicted molar refractivity (Wildman–Crippen MR) is 164 cm³/mol. The van der Waals surface area contributed by atoms with Crippen molar-refractivity contribution < 1.29 is 23.5 Å². The lowest BCUT2D eigenvalue weighted by Gasteiger charge is -2.38. The Morgan fingerprint density at radius 2 is 1.71 bits per heavy atom. The van der Waals surface area contributed by atoms with Gasteiger partial charge < -0.3 is 14.3 Å². The van der Waals surface area contributed by atoms with E-state index in [4.69, 9.17) is 32.4 Å². The molecule has 4 unspecified atom stereocenters. The van der Waals surface area contributed by atoms with Crippen LogP contribution < -0.4 is 10.1 Å². The number of carbonyl (C=O) groups is 1. The molecule has 2 N–H and O–H groups in total. The summed E-state index contributed by atoms with van der Waals surface area (Å²) in [5.74, 6) is -2.50. The van der Waals surface area contributed by atoms with Gasteiger partial charge in [-0.15, -0.1) is 0 Å². The largest absolute Gasteiger partial charge is 0.491 e. The summed E-state index contributed by atoms with van der Waals surface area (Å²) in [6, 6.07) is 9.55. The minimum absolute atomic E-state index is 0.0276. The van der Waals surface area contributed by atoms with E-state index in [0.29, 0.717) is 29.4 Å². The van der Waals surface area contributed by atoms with Gasteiger partial charge in [-0.05, 0) is 60.3 Å². The summed E-state index contributed by atoms with van der Waals surface area (Å²) in [5.41, 5.74) is -1.44. The number of benzene rings is 2. The lowest BCUT2D eigenvalue weighted by Crippen LogP contribution is -2.44. The van der Waals surface area contributed by atoms with Crippen LogP contribution in [0.2, 0.25) is 28.2 Å². The van der Waals surface area contributed by atoms with E-state index >= 15 is 4.39 Å². The summed E-state index contributed by atoms with van der Waals surface area (Å²) in [4.78, 5) is 12.8. The van der Waals surface area contributed by atoms with E-state index in [2.05, 4.69) is 45.3 Å². The van der Waals surface area contributed by atoms with Crippen LogP contribution in [0.25, 0.3) is 0 Å². The van der Waals surface area contributed by atoms with Crippen LogP contribution in [0.3, 0.4) is 0 Å².